The number of epoxide rings is 1. The summed E-state index contributed by atoms with van der Waals surface area (Å²) in [5.41, 5.74) is 0.302. The SMILES string of the molecule is CC(=O)O[C@H](C)/C=C\C(=O)NC1C[C@H](C)C(C/C=C(C)/C=C/[C@H]2O[C@@](C)(CI)C[C@@]3(CO3)[C@@H]2O)O[C@@H]1C. The van der Waals surface area contributed by atoms with Crippen LogP contribution >= 0.6 is 22.6 Å². The Morgan fingerprint density at radius 3 is 2.59 bits per heavy atom. The molecule has 1 amide bonds. The number of allylic oxidation sites excluding steroid dienone is 2. The van der Waals surface area contributed by atoms with E-state index in [2.05, 4.69) is 47.8 Å². The second-order valence-electron chi connectivity index (χ2n) is 11.1. The summed E-state index contributed by atoms with van der Waals surface area (Å²) in [6.07, 6.45) is 9.75. The van der Waals surface area contributed by atoms with Gasteiger partial charge in [-0.25, -0.2) is 0 Å². The zero-order valence-electron chi connectivity index (χ0n) is 22.7. The van der Waals surface area contributed by atoms with Gasteiger partial charge in [0.15, 0.2) is 0 Å². The van der Waals surface area contributed by atoms with Crippen LogP contribution in [-0.2, 0) is 28.5 Å². The van der Waals surface area contributed by atoms with Crippen LogP contribution in [0.5, 0.6) is 0 Å². The van der Waals surface area contributed by atoms with Crippen LogP contribution in [0.25, 0.3) is 0 Å². The third-order valence-electron chi connectivity index (χ3n) is 7.38. The summed E-state index contributed by atoms with van der Waals surface area (Å²) >= 11 is 2.33. The standard InChI is InChI=1S/C28H42INO7/c1-17(8-11-24-26(33)28(16-34-28)14-27(6,15-29)37-24)7-10-23-18(2)13-22(20(4)36-23)30-25(32)12-9-19(3)35-21(5)31/h7-9,11-12,18-20,22-24,26,33H,10,13-16H2,1-6H3,(H,30,32)/b11-8+,12-9-,17-7+/t18-,19+,20+,22?,23?,24+,26+,27+,28+/m0/s1. The molecule has 2 N–H and O–H groups in total. The maximum absolute atomic E-state index is 12.3. The summed E-state index contributed by atoms with van der Waals surface area (Å²) in [5, 5.41) is 13.8. The predicted octanol–water partition coefficient (Wildman–Crippen LogP) is 3.80. The molecule has 3 heterocycles. The molecule has 3 saturated heterocycles. The molecule has 3 aliphatic heterocycles. The zero-order valence-corrected chi connectivity index (χ0v) is 24.9. The molecule has 0 aromatic heterocycles. The number of aliphatic hydroxyl groups is 1. The van der Waals surface area contributed by atoms with E-state index in [1.54, 1.807) is 13.0 Å². The first kappa shape index (κ1) is 30.3. The van der Waals surface area contributed by atoms with Crippen LogP contribution < -0.4 is 5.32 Å². The molecule has 0 aliphatic carbocycles. The van der Waals surface area contributed by atoms with Gasteiger partial charge in [-0.1, -0.05) is 53.3 Å². The average Bonchev–Trinajstić information content (AvgIpc) is 3.59. The number of aliphatic hydroxyl groups excluding tert-OH is 1. The van der Waals surface area contributed by atoms with Gasteiger partial charge in [-0.15, -0.1) is 0 Å². The summed E-state index contributed by atoms with van der Waals surface area (Å²) in [4.78, 5) is 23.3. The Morgan fingerprint density at radius 2 is 1.97 bits per heavy atom. The summed E-state index contributed by atoms with van der Waals surface area (Å²) in [7, 11) is 0. The molecule has 2 unspecified atom stereocenters. The van der Waals surface area contributed by atoms with Crippen molar-refractivity contribution in [1.29, 1.82) is 0 Å². The van der Waals surface area contributed by atoms with Crippen molar-refractivity contribution in [2.24, 2.45) is 5.92 Å². The first-order valence-electron chi connectivity index (χ1n) is 13.1. The van der Waals surface area contributed by atoms with E-state index in [4.69, 9.17) is 18.9 Å². The number of carbonyl (C=O) groups is 2. The number of alkyl halides is 1. The number of hydrogen-bond acceptors (Lipinski definition) is 7. The van der Waals surface area contributed by atoms with Crippen molar-refractivity contribution < 1.29 is 33.6 Å². The second-order valence-corrected chi connectivity index (χ2v) is 11.8. The van der Waals surface area contributed by atoms with Gasteiger partial charge in [0.05, 0.1) is 30.5 Å². The average molecular weight is 632 g/mol. The monoisotopic (exact) mass is 631 g/mol. The van der Waals surface area contributed by atoms with Crippen molar-refractivity contribution in [3.63, 3.8) is 0 Å². The van der Waals surface area contributed by atoms with E-state index in [-0.39, 0.29) is 41.6 Å². The Balaban J connectivity index is 1.50. The number of hydrogen-bond donors (Lipinski definition) is 2. The predicted molar refractivity (Wildman–Crippen MR) is 149 cm³/mol. The largest absolute Gasteiger partial charge is 0.459 e. The minimum absolute atomic E-state index is 0.0491. The summed E-state index contributed by atoms with van der Waals surface area (Å²) in [6.45, 7) is 11.9. The zero-order chi connectivity index (χ0) is 27.4. The highest BCUT2D eigenvalue weighted by molar-refractivity contribution is 14.1. The van der Waals surface area contributed by atoms with Crippen LogP contribution in [0.2, 0.25) is 0 Å². The van der Waals surface area contributed by atoms with Crippen molar-refractivity contribution in [2.75, 3.05) is 11.0 Å². The van der Waals surface area contributed by atoms with Crippen molar-refractivity contribution in [2.45, 2.75) is 109 Å². The van der Waals surface area contributed by atoms with Crippen LogP contribution in [0.1, 0.15) is 60.8 Å². The molecular formula is C28H42INO7. The molecule has 37 heavy (non-hydrogen) atoms. The maximum atomic E-state index is 12.3. The van der Waals surface area contributed by atoms with E-state index in [1.165, 1.54) is 13.0 Å². The number of ether oxygens (including phenoxy) is 4. The normalized spacial score (nSPS) is 39.2. The van der Waals surface area contributed by atoms with Crippen LogP contribution in [0.4, 0.5) is 0 Å². The Morgan fingerprint density at radius 1 is 1.27 bits per heavy atom. The fraction of sp³-hybridized carbons (Fsp3) is 0.714. The first-order valence-corrected chi connectivity index (χ1v) is 14.6. The number of nitrogens with one attached hydrogen (secondary N) is 1. The van der Waals surface area contributed by atoms with Crippen LogP contribution in [0, 0.1) is 5.92 Å². The third kappa shape index (κ3) is 8.36. The topological polar surface area (TPSA) is 107 Å². The van der Waals surface area contributed by atoms with Gasteiger partial charge in [0.25, 0.3) is 0 Å². The molecule has 9 atom stereocenters. The number of amides is 1. The van der Waals surface area contributed by atoms with E-state index in [9.17, 15) is 14.7 Å². The molecule has 0 saturated carbocycles. The smallest absolute Gasteiger partial charge is 0.303 e. The van der Waals surface area contributed by atoms with Gasteiger partial charge in [0, 0.05) is 23.8 Å². The van der Waals surface area contributed by atoms with E-state index < -0.39 is 23.9 Å². The summed E-state index contributed by atoms with van der Waals surface area (Å²) in [6, 6.07) is -0.0912. The number of esters is 1. The quantitative estimate of drug-likeness (QED) is 0.0997. The van der Waals surface area contributed by atoms with Gasteiger partial charge >= 0.3 is 5.97 Å². The molecule has 0 aromatic rings. The number of rotatable bonds is 9. The van der Waals surface area contributed by atoms with Gasteiger partial charge in [-0.2, -0.15) is 0 Å². The van der Waals surface area contributed by atoms with Crippen molar-refractivity contribution in [1.82, 2.24) is 5.32 Å². The molecule has 8 nitrogen and oxygen atoms in total. The van der Waals surface area contributed by atoms with Gasteiger partial charge < -0.3 is 29.4 Å². The summed E-state index contributed by atoms with van der Waals surface area (Å²) in [5.74, 6) is -0.347. The molecule has 0 bridgehead atoms. The van der Waals surface area contributed by atoms with E-state index in [1.807, 2.05) is 26.0 Å². The van der Waals surface area contributed by atoms with Gasteiger partial charge in [-0.3, -0.25) is 9.59 Å². The first-order chi connectivity index (χ1) is 17.4. The lowest BCUT2D eigenvalue weighted by Gasteiger charge is -2.43. The van der Waals surface area contributed by atoms with Crippen LogP contribution in [-0.4, -0.2) is 75.8 Å². The fourth-order valence-corrected chi connectivity index (χ4v) is 5.59. The van der Waals surface area contributed by atoms with E-state index in [0.717, 1.165) is 22.8 Å². The van der Waals surface area contributed by atoms with E-state index in [0.29, 0.717) is 13.0 Å². The van der Waals surface area contributed by atoms with Gasteiger partial charge in [-0.05, 0) is 52.5 Å². The third-order valence-corrected chi connectivity index (χ3v) is 8.99. The van der Waals surface area contributed by atoms with Crippen LogP contribution in [0.3, 0.4) is 0 Å². The van der Waals surface area contributed by atoms with Crippen molar-refractivity contribution >= 4 is 34.5 Å². The van der Waals surface area contributed by atoms with Crippen molar-refractivity contribution in [3.8, 4) is 0 Å². The number of halogens is 1. The minimum Gasteiger partial charge on any atom is -0.459 e. The molecule has 3 aliphatic rings. The summed E-state index contributed by atoms with van der Waals surface area (Å²) < 4.78 is 24.0. The highest BCUT2D eigenvalue weighted by atomic mass is 127. The second kappa shape index (κ2) is 12.7. The Bertz CT molecular complexity index is 914. The highest BCUT2D eigenvalue weighted by Crippen LogP contribution is 2.47. The van der Waals surface area contributed by atoms with Crippen molar-refractivity contribution in [3.05, 3.63) is 36.0 Å². The Hall–Kier alpha value is -1.27. The number of carbonyl (C=O) groups excluding carboxylic acids is 2. The van der Waals surface area contributed by atoms with E-state index >= 15 is 0 Å². The van der Waals surface area contributed by atoms with Crippen LogP contribution in [0.15, 0.2) is 36.0 Å². The van der Waals surface area contributed by atoms with Gasteiger partial charge in [0.2, 0.25) is 5.91 Å². The molecular weight excluding hydrogens is 589 g/mol. The highest BCUT2D eigenvalue weighted by Gasteiger charge is 2.61. The lowest BCUT2D eigenvalue weighted by atomic mass is 9.83. The molecule has 9 heteroatoms. The maximum Gasteiger partial charge on any atom is 0.303 e. The van der Waals surface area contributed by atoms with Gasteiger partial charge in [0.1, 0.15) is 23.9 Å². The lowest BCUT2D eigenvalue weighted by molar-refractivity contribution is -0.167. The molecule has 208 valence electrons. The lowest BCUT2D eigenvalue weighted by Crippen LogP contribution is -2.55. The fourth-order valence-electron chi connectivity index (χ4n) is 5.14. The molecule has 1 spiro atoms. The molecule has 3 fully saturated rings. The molecule has 3 rings (SSSR count). The molecule has 0 aromatic carbocycles. The minimum atomic E-state index is -0.665. The Labute approximate surface area is 234 Å². The molecule has 0 radical (unpaired) electrons. The Kier molecular flexibility index (Phi) is 10.4.